The number of ether oxygens (including phenoxy) is 1. The van der Waals surface area contributed by atoms with Gasteiger partial charge in [-0.3, -0.25) is 9.59 Å². The molecule has 0 spiro atoms. The number of Topliss-reactive ketones (excluding diaryl/α,β-unsaturated/α-hetero) is 2. The Hall–Kier alpha value is -1.03. The molecule has 0 aromatic heterocycles. The Morgan fingerprint density at radius 1 is 1.23 bits per heavy atom. The Morgan fingerprint density at radius 3 is 1.92 bits per heavy atom. The molecule has 0 aromatic rings. The zero-order valence-corrected chi connectivity index (χ0v) is 7.91. The van der Waals surface area contributed by atoms with Crippen LogP contribution in [-0.4, -0.2) is 32.1 Å². The minimum atomic E-state index is -0.339. The van der Waals surface area contributed by atoms with E-state index in [9.17, 15) is 14.4 Å². The minimum Gasteiger partial charge on any atom is -0.388 e. The standard InChI is InChI=1S/C7H8O3.C2H6O/c8-4-5-1-6(9)3-7(10)2-5;1-3-2/h4-5H,1-3H2;1-2H3. The van der Waals surface area contributed by atoms with Crippen LogP contribution in [0.15, 0.2) is 0 Å². The van der Waals surface area contributed by atoms with Crippen molar-refractivity contribution in [2.24, 2.45) is 5.92 Å². The molecule has 0 heterocycles. The van der Waals surface area contributed by atoms with Crippen LogP contribution < -0.4 is 0 Å². The van der Waals surface area contributed by atoms with E-state index < -0.39 is 0 Å². The number of carbonyl (C=O) groups is 3. The maximum absolute atomic E-state index is 10.7. The summed E-state index contributed by atoms with van der Waals surface area (Å²) in [5.74, 6) is -0.546. The maximum Gasteiger partial charge on any atom is 0.140 e. The van der Waals surface area contributed by atoms with Gasteiger partial charge in [0.2, 0.25) is 0 Å². The third kappa shape index (κ3) is 5.25. The first-order valence-corrected chi connectivity index (χ1v) is 4.02. The van der Waals surface area contributed by atoms with Crippen molar-refractivity contribution >= 4 is 17.9 Å². The molecule has 0 aromatic carbocycles. The van der Waals surface area contributed by atoms with E-state index in [4.69, 9.17) is 0 Å². The van der Waals surface area contributed by atoms with Gasteiger partial charge in [0.15, 0.2) is 0 Å². The van der Waals surface area contributed by atoms with E-state index in [-0.39, 0.29) is 36.7 Å². The van der Waals surface area contributed by atoms with Gasteiger partial charge in [-0.15, -0.1) is 0 Å². The molecule has 4 heteroatoms. The first-order chi connectivity index (χ1) is 6.13. The molecule has 0 aliphatic heterocycles. The topological polar surface area (TPSA) is 60.4 Å². The summed E-state index contributed by atoms with van der Waals surface area (Å²) in [6.45, 7) is 0. The van der Waals surface area contributed by atoms with Gasteiger partial charge in [-0.25, -0.2) is 0 Å². The quantitative estimate of drug-likeness (QED) is 0.439. The fourth-order valence-electron chi connectivity index (χ4n) is 1.12. The van der Waals surface area contributed by atoms with Gasteiger partial charge >= 0.3 is 0 Å². The van der Waals surface area contributed by atoms with Gasteiger partial charge in [-0.05, 0) is 0 Å². The number of carbonyl (C=O) groups excluding carboxylic acids is 3. The van der Waals surface area contributed by atoms with Crippen molar-refractivity contribution in [1.29, 1.82) is 0 Å². The second kappa shape index (κ2) is 6.48. The van der Waals surface area contributed by atoms with Crippen LogP contribution in [-0.2, 0) is 19.1 Å². The number of rotatable bonds is 1. The van der Waals surface area contributed by atoms with Gasteiger partial charge in [0, 0.05) is 33.0 Å². The smallest absolute Gasteiger partial charge is 0.140 e. The SMILES string of the molecule is COC.O=CC1CC(=O)CC(=O)C1. The van der Waals surface area contributed by atoms with Crippen LogP contribution >= 0.6 is 0 Å². The third-order valence-electron chi connectivity index (χ3n) is 1.57. The predicted octanol–water partition coefficient (Wildman–Crippen LogP) is 0.386. The lowest BCUT2D eigenvalue weighted by Gasteiger charge is -2.12. The Morgan fingerprint density at radius 2 is 1.62 bits per heavy atom. The monoisotopic (exact) mass is 186 g/mol. The van der Waals surface area contributed by atoms with Crippen molar-refractivity contribution in [3.8, 4) is 0 Å². The van der Waals surface area contributed by atoms with Gasteiger partial charge in [-0.2, -0.15) is 0 Å². The van der Waals surface area contributed by atoms with Crippen molar-refractivity contribution < 1.29 is 19.1 Å². The normalized spacial score (nSPS) is 17.7. The van der Waals surface area contributed by atoms with Gasteiger partial charge in [0.25, 0.3) is 0 Å². The van der Waals surface area contributed by atoms with Crippen molar-refractivity contribution in [2.45, 2.75) is 19.3 Å². The summed E-state index contributed by atoms with van der Waals surface area (Å²) in [6, 6.07) is 0. The van der Waals surface area contributed by atoms with Gasteiger partial charge in [0.1, 0.15) is 17.9 Å². The average molecular weight is 186 g/mol. The summed E-state index contributed by atoms with van der Waals surface area (Å²) in [4.78, 5) is 31.5. The minimum absolute atomic E-state index is 0.0321. The Bertz CT molecular complexity index is 182. The average Bonchev–Trinajstić information content (AvgIpc) is 2.04. The van der Waals surface area contributed by atoms with Gasteiger partial charge < -0.3 is 9.53 Å². The molecule has 13 heavy (non-hydrogen) atoms. The molecule has 0 unspecified atom stereocenters. The second-order valence-electron chi connectivity index (χ2n) is 2.97. The molecule has 0 saturated heterocycles. The zero-order chi connectivity index (χ0) is 10.3. The molecule has 1 saturated carbocycles. The van der Waals surface area contributed by atoms with Crippen molar-refractivity contribution in [1.82, 2.24) is 0 Å². The summed E-state index contributed by atoms with van der Waals surface area (Å²) in [5.41, 5.74) is 0. The Balaban J connectivity index is 0.000000424. The molecular formula is C9H14O4. The number of hydrogen-bond donors (Lipinski definition) is 0. The first kappa shape index (κ1) is 12.0. The third-order valence-corrected chi connectivity index (χ3v) is 1.57. The van der Waals surface area contributed by atoms with E-state index in [2.05, 4.69) is 4.74 Å². The van der Waals surface area contributed by atoms with Crippen LogP contribution in [0.3, 0.4) is 0 Å². The molecule has 74 valence electrons. The van der Waals surface area contributed by atoms with Crippen LogP contribution in [0.1, 0.15) is 19.3 Å². The van der Waals surface area contributed by atoms with E-state index in [0.717, 1.165) is 0 Å². The second-order valence-corrected chi connectivity index (χ2v) is 2.97. The van der Waals surface area contributed by atoms with Gasteiger partial charge in [0.05, 0.1) is 6.42 Å². The largest absolute Gasteiger partial charge is 0.388 e. The lowest BCUT2D eigenvalue weighted by atomic mass is 9.89. The summed E-state index contributed by atoms with van der Waals surface area (Å²) in [5, 5.41) is 0. The summed E-state index contributed by atoms with van der Waals surface area (Å²) in [6.07, 6.45) is 1.24. The molecule has 4 nitrogen and oxygen atoms in total. The van der Waals surface area contributed by atoms with Crippen LogP contribution in [0.5, 0.6) is 0 Å². The fourth-order valence-corrected chi connectivity index (χ4v) is 1.12. The number of ketones is 2. The molecule has 1 fully saturated rings. The molecule has 0 N–H and O–H groups in total. The van der Waals surface area contributed by atoms with Gasteiger partial charge in [-0.1, -0.05) is 0 Å². The maximum atomic E-state index is 10.7. The van der Waals surface area contributed by atoms with Crippen LogP contribution in [0.4, 0.5) is 0 Å². The molecule has 1 aliphatic carbocycles. The first-order valence-electron chi connectivity index (χ1n) is 4.02. The number of hydrogen-bond acceptors (Lipinski definition) is 4. The van der Waals surface area contributed by atoms with E-state index >= 15 is 0 Å². The fraction of sp³-hybridized carbons (Fsp3) is 0.667. The summed E-state index contributed by atoms with van der Waals surface area (Å²) < 4.78 is 4.25. The molecule has 0 bridgehead atoms. The highest BCUT2D eigenvalue weighted by molar-refractivity contribution is 6.03. The lowest BCUT2D eigenvalue weighted by molar-refractivity contribution is -0.133. The van der Waals surface area contributed by atoms with Crippen molar-refractivity contribution in [3.05, 3.63) is 0 Å². The molecule has 0 amide bonds. The van der Waals surface area contributed by atoms with E-state index in [1.165, 1.54) is 0 Å². The van der Waals surface area contributed by atoms with E-state index in [1.54, 1.807) is 14.2 Å². The Kier molecular flexibility index (Phi) is 5.97. The van der Waals surface area contributed by atoms with Crippen LogP contribution in [0.2, 0.25) is 0 Å². The zero-order valence-electron chi connectivity index (χ0n) is 7.91. The van der Waals surface area contributed by atoms with E-state index in [0.29, 0.717) is 6.29 Å². The molecule has 0 radical (unpaired) electrons. The summed E-state index contributed by atoms with van der Waals surface area (Å²) in [7, 11) is 3.25. The Labute approximate surface area is 77.3 Å². The van der Waals surface area contributed by atoms with Crippen molar-refractivity contribution in [3.63, 3.8) is 0 Å². The lowest BCUT2D eigenvalue weighted by Crippen LogP contribution is -2.23. The molecular weight excluding hydrogens is 172 g/mol. The molecule has 1 rings (SSSR count). The van der Waals surface area contributed by atoms with E-state index in [1.807, 2.05) is 0 Å². The van der Waals surface area contributed by atoms with Crippen LogP contribution in [0.25, 0.3) is 0 Å². The summed E-state index contributed by atoms with van der Waals surface area (Å²) >= 11 is 0. The number of methoxy groups -OCH3 is 1. The van der Waals surface area contributed by atoms with Crippen LogP contribution in [0, 0.1) is 5.92 Å². The molecule has 0 atom stereocenters. The highest BCUT2D eigenvalue weighted by Crippen LogP contribution is 2.15. The predicted molar refractivity (Wildman–Crippen MR) is 46.4 cm³/mol. The van der Waals surface area contributed by atoms with Crippen molar-refractivity contribution in [2.75, 3.05) is 14.2 Å². The highest BCUT2D eigenvalue weighted by Gasteiger charge is 2.24. The number of aldehydes is 1. The molecule has 1 aliphatic rings. The highest BCUT2D eigenvalue weighted by atomic mass is 16.4.